The maximum absolute atomic E-state index is 14.8. The van der Waals surface area contributed by atoms with Gasteiger partial charge in [-0.1, -0.05) is 61.4 Å². The van der Waals surface area contributed by atoms with E-state index >= 15 is 0 Å². The maximum Gasteiger partial charge on any atom is 0.411 e. The molecule has 12 nitrogen and oxygen atoms in total. The second-order valence-corrected chi connectivity index (χ2v) is 12.6. The van der Waals surface area contributed by atoms with Crippen LogP contribution >= 0.6 is 0 Å². The number of allylic oxidation sites excluding steroid dienone is 2. The van der Waals surface area contributed by atoms with Crippen molar-refractivity contribution in [2.24, 2.45) is 11.8 Å². The number of alkyl halides is 1. The summed E-state index contributed by atoms with van der Waals surface area (Å²) in [5.41, 5.74) is 2.21. The van der Waals surface area contributed by atoms with Crippen LogP contribution in [0.15, 0.2) is 70.9 Å². The Labute approximate surface area is 285 Å². The molecule has 3 amide bonds. The van der Waals surface area contributed by atoms with Crippen LogP contribution in [0, 0.1) is 18.8 Å². The van der Waals surface area contributed by atoms with Crippen LogP contribution in [0.2, 0.25) is 0 Å². The van der Waals surface area contributed by atoms with E-state index in [2.05, 4.69) is 15.6 Å². The van der Waals surface area contributed by atoms with Crippen molar-refractivity contribution in [3.63, 3.8) is 0 Å². The van der Waals surface area contributed by atoms with Gasteiger partial charge < -0.3 is 29.2 Å². The standard InChI is InChI=1S/C36H45FN4O8/c1-22-9-12-27(13-10-22)39-36(46)48-20-25(4)33-24(3)11-14-31(43)38-15-5-7-23(2)17-28(42)18-26(37)19-32-40-29(21-47-32)34(44)41-16-6-8-30(41)35(45)49-33/h5,7,9-14,17,21,24-26,28,30,33,42H,6,8,15-16,18-20H2,1-4H3,(H,38,43)(H,39,46)/b7-5+,14-11+,23-17+/t24-,25+,26-,28-,30-,33+/m1/s1. The number of anilines is 1. The smallest absolute Gasteiger partial charge is 0.411 e. The van der Waals surface area contributed by atoms with Gasteiger partial charge in [0.25, 0.3) is 5.91 Å². The fraction of sp³-hybridized carbons (Fsp3) is 0.472. The van der Waals surface area contributed by atoms with Gasteiger partial charge in [-0.25, -0.2) is 19.0 Å². The first-order valence-corrected chi connectivity index (χ1v) is 16.5. The molecule has 4 rings (SSSR count). The van der Waals surface area contributed by atoms with Gasteiger partial charge in [0.2, 0.25) is 5.91 Å². The lowest BCUT2D eigenvalue weighted by atomic mass is 9.93. The van der Waals surface area contributed by atoms with Gasteiger partial charge in [-0.3, -0.25) is 14.9 Å². The number of ether oxygens (including phenoxy) is 2. The summed E-state index contributed by atoms with van der Waals surface area (Å²) < 4.78 is 31.7. The minimum atomic E-state index is -1.49. The third-order valence-corrected chi connectivity index (χ3v) is 8.34. The third-order valence-electron chi connectivity index (χ3n) is 8.34. The average Bonchev–Trinajstić information content (AvgIpc) is 3.74. The number of hydrogen-bond acceptors (Lipinski definition) is 9. The Morgan fingerprint density at radius 2 is 1.96 bits per heavy atom. The Kier molecular flexibility index (Phi) is 13.3. The molecule has 3 N–H and O–H groups in total. The van der Waals surface area contributed by atoms with Crippen LogP contribution in [-0.2, 0) is 25.5 Å². The van der Waals surface area contributed by atoms with E-state index in [-0.39, 0.29) is 50.0 Å². The van der Waals surface area contributed by atoms with Gasteiger partial charge in [-0.05, 0) is 44.9 Å². The van der Waals surface area contributed by atoms with Crippen LogP contribution in [0.5, 0.6) is 0 Å². The van der Waals surface area contributed by atoms with Gasteiger partial charge in [0, 0.05) is 37.0 Å². The van der Waals surface area contributed by atoms with Gasteiger partial charge in [0.15, 0.2) is 11.6 Å². The maximum atomic E-state index is 14.8. The fourth-order valence-electron chi connectivity index (χ4n) is 5.73. The second kappa shape index (κ2) is 17.6. The highest BCUT2D eigenvalue weighted by atomic mass is 19.1. The lowest BCUT2D eigenvalue weighted by Gasteiger charge is -2.30. The van der Waals surface area contributed by atoms with Crippen LogP contribution in [0.3, 0.4) is 0 Å². The number of aromatic nitrogens is 1. The number of aliphatic hydroxyl groups is 1. The SMILES string of the molecule is CC1=C\[C@@H](O)C[C@@H](F)Cc2nc(co2)C(=O)N2CCC[C@@H]2C(=O)O[C@H]([C@@H](C)COC(=O)Nc2ccc(C)cc2)[C@H](C)/C=C/C(=O)NC\C=C\1. The van der Waals surface area contributed by atoms with Crippen molar-refractivity contribution < 1.29 is 42.6 Å². The number of nitrogens with zero attached hydrogens (tertiary/aromatic N) is 2. The Morgan fingerprint density at radius 3 is 2.71 bits per heavy atom. The van der Waals surface area contributed by atoms with E-state index in [9.17, 15) is 28.7 Å². The van der Waals surface area contributed by atoms with Crippen molar-refractivity contribution in [3.05, 3.63) is 83.6 Å². The van der Waals surface area contributed by atoms with Gasteiger partial charge in [0.1, 0.15) is 24.6 Å². The summed E-state index contributed by atoms with van der Waals surface area (Å²) in [5, 5.41) is 15.7. The van der Waals surface area contributed by atoms with E-state index in [0.717, 1.165) is 11.8 Å². The number of halogens is 1. The van der Waals surface area contributed by atoms with Gasteiger partial charge in [0.05, 0.1) is 19.1 Å². The summed E-state index contributed by atoms with van der Waals surface area (Å²) in [6.45, 7) is 7.59. The summed E-state index contributed by atoms with van der Waals surface area (Å²) in [5.74, 6) is -2.59. The van der Waals surface area contributed by atoms with Crippen LogP contribution in [-0.4, -0.2) is 83.0 Å². The zero-order valence-corrected chi connectivity index (χ0v) is 28.3. The number of nitrogens with one attached hydrogen (secondary N) is 2. The molecule has 2 aliphatic heterocycles. The number of oxazole rings is 1. The zero-order chi connectivity index (χ0) is 35.5. The number of carbonyl (C=O) groups excluding carboxylic acids is 4. The van der Waals surface area contributed by atoms with E-state index in [1.807, 2.05) is 19.1 Å². The molecule has 0 radical (unpaired) electrons. The molecule has 6 atom stereocenters. The first-order valence-electron chi connectivity index (χ1n) is 16.5. The fourth-order valence-corrected chi connectivity index (χ4v) is 5.73. The Hall–Kier alpha value is -4.78. The molecule has 2 aromatic rings. The van der Waals surface area contributed by atoms with Crippen LogP contribution in [0.25, 0.3) is 0 Å². The number of aryl methyl sites for hydroxylation is 1. The normalized spacial score (nSPS) is 27.5. The largest absolute Gasteiger partial charge is 0.460 e. The first-order chi connectivity index (χ1) is 23.4. The number of esters is 1. The number of rotatable bonds is 4. The Morgan fingerprint density at radius 1 is 1.20 bits per heavy atom. The van der Waals surface area contributed by atoms with Crippen molar-refractivity contribution in [1.29, 1.82) is 0 Å². The number of amides is 3. The molecule has 3 heterocycles. The number of benzene rings is 1. The van der Waals surface area contributed by atoms with Crippen molar-refractivity contribution in [2.75, 3.05) is 25.0 Å². The molecule has 1 saturated heterocycles. The molecule has 1 aromatic carbocycles. The molecule has 1 aromatic heterocycles. The van der Waals surface area contributed by atoms with E-state index < -0.39 is 54.2 Å². The molecular formula is C36H45FN4O8. The predicted octanol–water partition coefficient (Wildman–Crippen LogP) is 4.84. The summed E-state index contributed by atoms with van der Waals surface area (Å²) in [4.78, 5) is 57.8. The number of aliphatic hydroxyl groups excluding tert-OH is 1. The zero-order valence-electron chi connectivity index (χ0n) is 28.3. The summed E-state index contributed by atoms with van der Waals surface area (Å²) >= 11 is 0. The molecule has 49 heavy (non-hydrogen) atoms. The Balaban J connectivity index is 1.53. The van der Waals surface area contributed by atoms with Crippen LogP contribution < -0.4 is 10.6 Å². The molecule has 2 aliphatic rings. The van der Waals surface area contributed by atoms with Crippen molar-refractivity contribution >= 4 is 29.6 Å². The molecule has 13 heteroatoms. The first kappa shape index (κ1) is 37.0. The second-order valence-electron chi connectivity index (χ2n) is 12.6. The third kappa shape index (κ3) is 11.1. The summed E-state index contributed by atoms with van der Waals surface area (Å²) in [6, 6.07) is 6.30. The summed E-state index contributed by atoms with van der Waals surface area (Å²) in [6.07, 6.45) is 5.34. The molecule has 0 unspecified atom stereocenters. The Bertz CT molecular complexity index is 1550. The highest BCUT2D eigenvalue weighted by molar-refractivity contribution is 5.95. The highest BCUT2D eigenvalue weighted by Gasteiger charge is 2.39. The molecule has 264 valence electrons. The minimum absolute atomic E-state index is 0.00276. The molecular weight excluding hydrogens is 635 g/mol. The number of hydrogen-bond donors (Lipinski definition) is 3. The lowest BCUT2D eigenvalue weighted by Crippen LogP contribution is -2.44. The predicted molar refractivity (Wildman–Crippen MR) is 179 cm³/mol. The highest BCUT2D eigenvalue weighted by Crippen LogP contribution is 2.26. The van der Waals surface area contributed by atoms with Crippen LogP contribution in [0.1, 0.15) is 62.0 Å². The van der Waals surface area contributed by atoms with Gasteiger partial charge in [-0.2, -0.15) is 0 Å². The quantitative estimate of drug-likeness (QED) is 0.384. The number of cyclic esters (lactones) is 1. The molecule has 2 bridgehead atoms. The van der Waals surface area contributed by atoms with E-state index in [1.165, 1.54) is 17.1 Å². The monoisotopic (exact) mass is 680 g/mol. The van der Waals surface area contributed by atoms with Gasteiger partial charge in [-0.15, -0.1) is 0 Å². The minimum Gasteiger partial charge on any atom is -0.460 e. The molecule has 0 aliphatic carbocycles. The molecule has 0 saturated carbocycles. The van der Waals surface area contributed by atoms with Crippen molar-refractivity contribution in [2.45, 2.75) is 77.8 Å². The van der Waals surface area contributed by atoms with Crippen molar-refractivity contribution in [3.8, 4) is 0 Å². The van der Waals surface area contributed by atoms with Gasteiger partial charge >= 0.3 is 12.1 Å². The van der Waals surface area contributed by atoms with E-state index in [4.69, 9.17) is 13.9 Å². The lowest BCUT2D eigenvalue weighted by molar-refractivity contribution is -0.159. The van der Waals surface area contributed by atoms with Crippen LogP contribution in [0.4, 0.5) is 14.9 Å². The summed E-state index contributed by atoms with van der Waals surface area (Å²) in [7, 11) is 0. The van der Waals surface area contributed by atoms with E-state index in [0.29, 0.717) is 24.1 Å². The molecule has 1 fully saturated rings. The van der Waals surface area contributed by atoms with Crippen molar-refractivity contribution in [1.82, 2.24) is 15.2 Å². The van der Waals surface area contributed by atoms with E-state index in [1.54, 1.807) is 51.1 Å². The number of carbonyl (C=O) groups is 4. The number of fused-ring (bicyclic) bond motifs is 3. The average molecular weight is 681 g/mol. The molecule has 0 spiro atoms. The topological polar surface area (TPSA) is 160 Å².